The Morgan fingerprint density at radius 2 is 1.89 bits per heavy atom. The fourth-order valence-electron chi connectivity index (χ4n) is 3.40. The largest absolute Gasteiger partial charge is 0.489 e. The molecule has 6 heteroatoms. The lowest BCUT2D eigenvalue weighted by Crippen LogP contribution is -2.47. The van der Waals surface area contributed by atoms with Crippen LogP contribution in [0.2, 0.25) is 5.02 Å². The molecule has 1 unspecified atom stereocenters. The first kappa shape index (κ1) is 20.4. The minimum Gasteiger partial charge on any atom is -0.489 e. The fourth-order valence-corrected chi connectivity index (χ4v) is 3.98. The van der Waals surface area contributed by atoms with Crippen LogP contribution in [0.1, 0.15) is 37.9 Å². The summed E-state index contributed by atoms with van der Waals surface area (Å²) in [6.45, 7) is 6.67. The van der Waals surface area contributed by atoms with Crippen LogP contribution in [0, 0.1) is 0 Å². The number of rotatable bonds is 6. The Kier molecular flexibility index (Phi) is 6.37. The molecule has 0 amide bonds. The van der Waals surface area contributed by atoms with Crippen LogP contribution in [-0.4, -0.2) is 22.3 Å². The zero-order valence-electron chi connectivity index (χ0n) is 16.2. The zero-order valence-corrected chi connectivity index (χ0v) is 17.7. The number of ketones is 1. The van der Waals surface area contributed by atoms with Crippen molar-refractivity contribution in [1.82, 2.24) is 10.2 Å². The third kappa shape index (κ3) is 4.21. The Bertz CT molecular complexity index is 924. The molecule has 0 aromatic heterocycles. The quantitative estimate of drug-likeness (QED) is 0.671. The molecular formula is C22H23ClN2O2S. The Morgan fingerprint density at radius 1 is 1.21 bits per heavy atom. The molecule has 0 aliphatic carbocycles. The van der Waals surface area contributed by atoms with Gasteiger partial charge in [-0.05, 0) is 56.8 Å². The van der Waals surface area contributed by atoms with Crippen molar-refractivity contribution in [3.8, 4) is 5.75 Å². The number of hydrogen-bond donors (Lipinski definition) is 1. The van der Waals surface area contributed by atoms with E-state index >= 15 is 0 Å². The number of nitrogens with one attached hydrogen (secondary N) is 1. The summed E-state index contributed by atoms with van der Waals surface area (Å²) in [7, 11) is 0. The number of Topliss-reactive ketones (excluding diaryl/α,β-unsaturated/α-hetero) is 1. The van der Waals surface area contributed by atoms with Crippen molar-refractivity contribution in [1.29, 1.82) is 0 Å². The van der Waals surface area contributed by atoms with Crippen LogP contribution in [0.4, 0.5) is 0 Å². The lowest BCUT2D eigenvalue weighted by molar-refractivity contribution is -0.114. The molecule has 1 N–H and O–H groups in total. The van der Waals surface area contributed by atoms with E-state index in [0.717, 1.165) is 34.7 Å². The van der Waals surface area contributed by atoms with Gasteiger partial charge < -0.3 is 15.0 Å². The van der Waals surface area contributed by atoms with Crippen LogP contribution < -0.4 is 10.1 Å². The second kappa shape index (κ2) is 8.76. The van der Waals surface area contributed by atoms with E-state index in [1.54, 1.807) is 6.92 Å². The number of halogens is 1. The number of carbonyl (C=O) groups excluding carboxylic acids is 1. The van der Waals surface area contributed by atoms with Crippen LogP contribution in [-0.2, 0) is 11.4 Å². The molecule has 146 valence electrons. The summed E-state index contributed by atoms with van der Waals surface area (Å²) in [5.41, 5.74) is 3.54. The summed E-state index contributed by atoms with van der Waals surface area (Å²) in [5, 5.41) is 4.62. The summed E-state index contributed by atoms with van der Waals surface area (Å²) in [4.78, 5) is 14.3. The maximum absolute atomic E-state index is 12.3. The Labute approximate surface area is 176 Å². The highest BCUT2D eigenvalue weighted by molar-refractivity contribution is 7.80. The number of hydrogen-bond acceptors (Lipinski definition) is 3. The molecule has 1 aliphatic heterocycles. The number of thiocarbonyl (C=S) groups is 1. The van der Waals surface area contributed by atoms with Crippen LogP contribution in [0.15, 0.2) is 59.8 Å². The average Bonchev–Trinajstić information content (AvgIpc) is 2.67. The summed E-state index contributed by atoms with van der Waals surface area (Å²) >= 11 is 11.7. The maximum atomic E-state index is 12.3. The van der Waals surface area contributed by atoms with Gasteiger partial charge in [0.05, 0.1) is 6.04 Å². The molecule has 0 radical (unpaired) electrons. The molecule has 0 saturated carbocycles. The molecule has 1 heterocycles. The Balaban J connectivity index is 1.80. The average molecular weight is 415 g/mol. The van der Waals surface area contributed by atoms with E-state index in [1.165, 1.54) is 0 Å². The minimum atomic E-state index is -0.259. The SMILES string of the molecule is CCN1C(=S)NC(c2ccc(OCc3ccccc3Cl)cc2)C(C(C)=O)=C1C. The first-order valence-corrected chi connectivity index (χ1v) is 9.97. The number of allylic oxidation sites excluding steroid dienone is 1. The molecule has 0 saturated heterocycles. The van der Waals surface area contributed by atoms with Gasteiger partial charge in [-0.2, -0.15) is 0 Å². The van der Waals surface area contributed by atoms with Gasteiger partial charge >= 0.3 is 0 Å². The first-order valence-electron chi connectivity index (χ1n) is 9.18. The van der Waals surface area contributed by atoms with Crippen LogP contribution >= 0.6 is 23.8 Å². The standard InChI is InChI=1S/C22H23ClN2O2S/c1-4-25-14(2)20(15(3)26)21(24-22(25)28)16-9-11-18(12-10-16)27-13-17-7-5-6-8-19(17)23/h5-12,21H,4,13H2,1-3H3,(H,24,28). The van der Waals surface area contributed by atoms with Gasteiger partial charge in [0.2, 0.25) is 0 Å². The van der Waals surface area contributed by atoms with E-state index in [1.807, 2.05) is 67.3 Å². The van der Waals surface area contributed by atoms with Crippen molar-refractivity contribution in [2.24, 2.45) is 0 Å². The molecule has 1 atom stereocenters. The third-order valence-electron chi connectivity index (χ3n) is 4.86. The van der Waals surface area contributed by atoms with E-state index in [2.05, 4.69) is 5.32 Å². The van der Waals surface area contributed by atoms with E-state index in [9.17, 15) is 4.79 Å². The van der Waals surface area contributed by atoms with Gasteiger partial charge in [-0.1, -0.05) is 41.9 Å². The molecule has 0 fully saturated rings. The fraction of sp³-hybridized carbons (Fsp3) is 0.273. The smallest absolute Gasteiger partial charge is 0.173 e. The van der Waals surface area contributed by atoms with Gasteiger partial charge in [0, 0.05) is 28.4 Å². The van der Waals surface area contributed by atoms with E-state index < -0.39 is 0 Å². The molecule has 28 heavy (non-hydrogen) atoms. The number of nitrogens with zero attached hydrogens (tertiary/aromatic N) is 1. The van der Waals surface area contributed by atoms with Gasteiger partial charge in [-0.25, -0.2) is 0 Å². The van der Waals surface area contributed by atoms with Gasteiger partial charge in [0.1, 0.15) is 12.4 Å². The van der Waals surface area contributed by atoms with Crippen molar-refractivity contribution in [2.75, 3.05) is 6.54 Å². The monoisotopic (exact) mass is 414 g/mol. The molecule has 0 spiro atoms. The second-order valence-corrected chi connectivity index (χ2v) is 7.43. The van der Waals surface area contributed by atoms with Gasteiger partial charge in [0.25, 0.3) is 0 Å². The lowest BCUT2D eigenvalue weighted by Gasteiger charge is -2.37. The van der Waals surface area contributed by atoms with Crippen molar-refractivity contribution in [3.05, 3.63) is 76.0 Å². The molecule has 4 nitrogen and oxygen atoms in total. The normalized spacial score (nSPS) is 16.8. The highest BCUT2D eigenvalue weighted by Gasteiger charge is 2.31. The molecule has 2 aromatic rings. The van der Waals surface area contributed by atoms with Crippen LogP contribution in [0.25, 0.3) is 0 Å². The van der Waals surface area contributed by atoms with Crippen molar-refractivity contribution in [2.45, 2.75) is 33.4 Å². The first-order chi connectivity index (χ1) is 13.4. The Morgan fingerprint density at radius 3 is 2.50 bits per heavy atom. The molecular weight excluding hydrogens is 392 g/mol. The van der Waals surface area contributed by atoms with Gasteiger partial charge in [0.15, 0.2) is 10.9 Å². The molecule has 0 bridgehead atoms. The van der Waals surface area contributed by atoms with E-state index in [4.69, 9.17) is 28.6 Å². The highest BCUT2D eigenvalue weighted by atomic mass is 35.5. The summed E-state index contributed by atoms with van der Waals surface area (Å²) in [6, 6.07) is 15.1. The highest BCUT2D eigenvalue weighted by Crippen LogP contribution is 2.32. The van der Waals surface area contributed by atoms with Crippen molar-refractivity contribution < 1.29 is 9.53 Å². The number of carbonyl (C=O) groups is 1. The van der Waals surface area contributed by atoms with Crippen LogP contribution in [0.3, 0.4) is 0 Å². The second-order valence-electron chi connectivity index (χ2n) is 6.63. The summed E-state index contributed by atoms with van der Waals surface area (Å²) < 4.78 is 5.85. The molecule has 1 aliphatic rings. The number of benzene rings is 2. The topological polar surface area (TPSA) is 41.6 Å². The summed E-state index contributed by atoms with van der Waals surface area (Å²) in [6.07, 6.45) is 0. The predicted octanol–water partition coefficient (Wildman–Crippen LogP) is 5.03. The van der Waals surface area contributed by atoms with Crippen molar-refractivity contribution >= 4 is 34.7 Å². The zero-order chi connectivity index (χ0) is 20.3. The third-order valence-corrected chi connectivity index (χ3v) is 5.56. The summed E-state index contributed by atoms with van der Waals surface area (Å²) in [5.74, 6) is 0.775. The van der Waals surface area contributed by atoms with Crippen LogP contribution in [0.5, 0.6) is 5.75 Å². The molecule has 3 rings (SSSR count). The van der Waals surface area contributed by atoms with E-state index in [0.29, 0.717) is 16.7 Å². The maximum Gasteiger partial charge on any atom is 0.173 e. The lowest BCUT2D eigenvalue weighted by atomic mass is 9.92. The Hall–Kier alpha value is -2.37. The van der Waals surface area contributed by atoms with Gasteiger partial charge in [-0.3, -0.25) is 4.79 Å². The van der Waals surface area contributed by atoms with Crippen molar-refractivity contribution in [3.63, 3.8) is 0 Å². The van der Waals surface area contributed by atoms with Gasteiger partial charge in [-0.15, -0.1) is 0 Å². The molecule has 2 aromatic carbocycles. The van der Waals surface area contributed by atoms with E-state index in [-0.39, 0.29) is 11.8 Å². The number of ether oxygens (including phenoxy) is 1. The predicted molar refractivity (Wildman–Crippen MR) is 116 cm³/mol. The minimum absolute atomic E-state index is 0.0370.